The fourth-order valence-electron chi connectivity index (χ4n) is 2.60. The lowest BCUT2D eigenvalue weighted by molar-refractivity contribution is 0.426. The summed E-state index contributed by atoms with van der Waals surface area (Å²) in [5.41, 5.74) is 2.86. The Kier molecular flexibility index (Phi) is 2.96. The maximum Gasteiger partial charge on any atom is 0.488 e. The zero-order chi connectivity index (χ0) is 15.1. The number of hydrogen-bond acceptors (Lipinski definition) is 4. The first-order valence-corrected chi connectivity index (χ1v) is 6.97. The molecular formula is C17H12BNO3. The number of rotatable bonds is 2. The standard InChI is InChI=1S/C17H12BNO3/c20-18(21)13-7-8-14-12(10-13)6-9-15-16(14)22-17(19-15)11-4-2-1-3-5-11/h1-10,20-21H. The van der Waals surface area contributed by atoms with Crippen LogP contribution in [0.25, 0.3) is 33.3 Å². The van der Waals surface area contributed by atoms with Gasteiger partial charge in [0.1, 0.15) is 5.52 Å². The highest BCUT2D eigenvalue weighted by molar-refractivity contribution is 6.59. The molecule has 0 unspecified atom stereocenters. The molecule has 0 radical (unpaired) electrons. The highest BCUT2D eigenvalue weighted by Crippen LogP contribution is 2.29. The molecule has 4 nitrogen and oxygen atoms in total. The normalized spacial score (nSPS) is 11.2. The van der Waals surface area contributed by atoms with Gasteiger partial charge in [-0.2, -0.15) is 0 Å². The molecule has 0 fully saturated rings. The van der Waals surface area contributed by atoms with Crippen LogP contribution >= 0.6 is 0 Å². The largest absolute Gasteiger partial charge is 0.488 e. The Balaban J connectivity index is 1.94. The average Bonchev–Trinajstić information content (AvgIpc) is 2.99. The maximum absolute atomic E-state index is 9.27. The minimum atomic E-state index is -1.48. The van der Waals surface area contributed by atoms with Gasteiger partial charge in [-0.05, 0) is 29.0 Å². The van der Waals surface area contributed by atoms with Gasteiger partial charge >= 0.3 is 7.12 Å². The molecule has 4 rings (SSSR count). The number of hydrogen-bond donors (Lipinski definition) is 2. The molecule has 22 heavy (non-hydrogen) atoms. The van der Waals surface area contributed by atoms with E-state index < -0.39 is 7.12 Å². The predicted octanol–water partition coefficient (Wildman–Crippen LogP) is 2.33. The summed E-state index contributed by atoms with van der Waals surface area (Å²) in [6.07, 6.45) is 0. The number of aromatic nitrogens is 1. The Morgan fingerprint density at radius 1 is 0.909 bits per heavy atom. The van der Waals surface area contributed by atoms with Crippen LogP contribution in [-0.2, 0) is 0 Å². The van der Waals surface area contributed by atoms with Crippen LogP contribution in [0.1, 0.15) is 0 Å². The first-order chi connectivity index (χ1) is 10.7. The molecule has 4 aromatic rings. The Hall–Kier alpha value is -2.63. The van der Waals surface area contributed by atoms with Gasteiger partial charge in [0.05, 0.1) is 0 Å². The number of oxazole rings is 1. The SMILES string of the molecule is OB(O)c1ccc2c(ccc3nc(-c4ccccc4)oc32)c1. The molecule has 2 N–H and O–H groups in total. The summed E-state index contributed by atoms with van der Waals surface area (Å²) < 4.78 is 5.93. The Morgan fingerprint density at radius 2 is 1.73 bits per heavy atom. The van der Waals surface area contributed by atoms with Crippen LogP contribution in [0.3, 0.4) is 0 Å². The number of fused-ring (bicyclic) bond motifs is 3. The van der Waals surface area contributed by atoms with Crippen LogP contribution in [0, 0.1) is 0 Å². The van der Waals surface area contributed by atoms with E-state index in [0.29, 0.717) is 16.9 Å². The highest BCUT2D eigenvalue weighted by Gasteiger charge is 2.14. The monoisotopic (exact) mass is 289 g/mol. The third-order valence-corrected chi connectivity index (χ3v) is 3.71. The molecule has 106 valence electrons. The quantitative estimate of drug-likeness (QED) is 0.556. The van der Waals surface area contributed by atoms with Gasteiger partial charge in [0, 0.05) is 10.9 Å². The molecular weight excluding hydrogens is 277 g/mol. The molecule has 0 bridgehead atoms. The van der Waals surface area contributed by atoms with Crippen LogP contribution in [0.15, 0.2) is 65.1 Å². The molecule has 0 aliphatic carbocycles. The lowest BCUT2D eigenvalue weighted by Gasteiger charge is -2.02. The van der Waals surface area contributed by atoms with Crippen LogP contribution < -0.4 is 5.46 Å². The summed E-state index contributed by atoms with van der Waals surface area (Å²) in [7, 11) is -1.48. The van der Waals surface area contributed by atoms with Crippen molar-refractivity contribution >= 4 is 34.5 Å². The molecule has 0 aliphatic rings. The van der Waals surface area contributed by atoms with Crippen molar-refractivity contribution in [3.05, 3.63) is 60.7 Å². The van der Waals surface area contributed by atoms with Gasteiger partial charge in [-0.1, -0.05) is 42.5 Å². The van der Waals surface area contributed by atoms with E-state index in [0.717, 1.165) is 21.9 Å². The molecule has 0 atom stereocenters. The first kappa shape index (κ1) is 13.1. The van der Waals surface area contributed by atoms with E-state index in [9.17, 15) is 10.0 Å². The molecule has 1 aromatic heterocycles. The molecule has 0 amide bonds. The van der Waals surface area contributed by atoms with E-state index in [4.69, 9.17) is 4.42 Å². The van der Waals surface area contributed by atoms with Gasteiger partial charge in [-0.3, -0.25) is 0 Å². The second-order valence-electron chi connectivity index (χ2n) is 5.15. The van der Waals surface area contributed by atoms with Crippen LogP contribution in [-0.4, -0.2) is 22.2 Å². The van der Waals surface area contributed by atoms with Gasteiger partial charge in [-0.25, -0.2) is 4.98 Å². The summed E-state index contributed by atoms with van der Waals surface area (Å²) in [4.78, 5) is 4.53. The van der Waals surface area contributed by atoms with Crippen molar-refractivity contribution < 1.29 is 14.5 Å². The van der Waals surface area contributed by atoms with Gasteiger partial charge in [0.25, 0.3) is 0 Å². The fourth-order valence-corrected chi connectivity index (χ4v) is 2.60. The lowest BCUT2D eigenvalue weighted by Crippen LogP contribution is -2.29. The maximum atomic E-state index is 9.27. The molecule has 0 saturated heterocycles. The third kappa shape index (κ3) is 2.08. The summed E-state index contributed by atoms with van der Waals surface area (Å²) in [6, 6.07) is 18.8. The first-order valence-electron chi connectivity index (χ1n) is 6.97. The van der Waals surface area contributed by atoms with E-state index in [-0.39, 0.29) is 0 Å². The van der Waals surface area contributed by atoms with Crippen molar-refractivity contribution in [3.8, 4) is 11.5 Å². The predicted molar refractivity (Wildman–Crippen MR) is 86.8 cm³/mol. The van der Waals surface area contributed by atoms with Crippen LogP contribution in [0.5, 0.6) is 0 Å². The second kappa shape index (κ2) is 4.98. The zero-order valence-corrected chi connectivity index (χ0v) is 11.6. The molecule has 3 aromatic carbocycles. The topological polar surface area (TPSA) is 66.5 Å². The van der Waals surface area contributed by atoms with Crippen molar-refractivity contribution in [1.82, 2.24) is 4.98 Å². The van der Waals surface area contributed by atoms with Crippen molar-refractivity contribution in [2.24, 2.45) is 0 Å². The van der Waals surface area contributed by atoms with E-state index >= 15 is 0 Å². The number of benzene rings is 3. The fraction of sp³-hybridized carbons (Fsp3) is 0. The Morgan fingerprint density at radius 3 is 2.50 bits per heavy atom. The van der Waals surface area contributed by atoms with Crippen LogP contribution in [0.4, 0.5) is 0 Å². The Bertz CT molecular complexity index is 964. The summed E-state index contributed by atoms with van der Waals surface area (Å²) in [5, 5.41) is 20.3. The van der Waals surface area contributed by atoms with E-state index in [1.807, 2.05) is 48.5 Å². The van der Waals surface area contributed by atoms with Gasteiger partial charge in [-0.15, -0.1) is 0 Å². The molecule has 5 heteroatoms. The summed E-state index contributed by atoms with van der Waals surface area (Å²) in [6.45, 7) is 0. The molecule has 1 heterocycles. The van der Waals surface area contributed by atoms with E-state index in [1.165, 1.54) is 0 Å². The average molecular weight is 289 g/mol. The minimum Gasteiger partial charge on any atom is -0.435 e. The zero-order valence-electron chi connectivity index (χ0n) is 11.6. The summed E-state index contributed by atoms with van der Waals surface area (Å²) >= 11 is 0. The smallest absolute Gasteiger partial charge is 0.435 e. The van der Waals surface area contributed by atoms with Crippen LogP contribution in [0.2, 0.25) is 0 Å². The van der Waals surface area contributed by atoms with Crippen molar-refractivity contribution in [2.75, 3.05) is 0 Å². The highest BCUT2D eigenvalue weighted by atomic mass is 16.4. The van der Waals surface area contributed by atoms with Crippen molar-refractivity contribution in [3.63, 3.8) is 0 Å². The third-order valence-electron chi connectivity index (χ3n) is 3.71. The second-order valence-corrected chi connectivity index (χ2v) is 5.15. The minimum absolute atomic E-state index is 0.453. The molecule has 0 spiro atoms. The summed E-state index contributed by atoms with van der Waals surface area (Å²) in [5.74, 6) is 0.578. The van der Waals surface area contributed by atoms with Gasteiger partial charge < -0.3 is 14.5 Å². The van der Waals surface area contributed by atoms with Gasteiger partial charge in [0.2, 0.25) is 5.89 Å². The lowest BCUT2D eigenvalue weighted by atomic mass is 9.79. The van der Waals surface area contributed by atoms with Gasteiger partial charge in [0.15, 0.2) is 5.58 Å². The van der Waals surface area contributed by atoms with E-state index in [1.54, 1.807) is 12.1 Å². The molecule has 0 saturated carbocycles. The Labute approximate surface area is 126 Å². The molecule has 0 aliphatic heterocycles. The van der Waals surface area contributed by atoms with Crippen molar-refractivity contribution in [1.29, 1.82) is 0 Å². The van der Waals surface area contributed by atoms with Crippen molar-refractivity contribution in [2.45, 2.75) is 0 Å². The number of nitrogens with zero attached hydrogens (tertiary/aromatic N) is 1. The van der Waals surface area contributed by atoms with E-state index in [2.05, 4.69) is 4.98 Å².